The quantitative estimate of drug-likeness (QED) is 0.520. The summed E-state index contributed by atoms with van der Waals surface area (Å²) in [7, 11) is 0. The number of fused-ring (bicyclic) bond motifs is 3. The van der Waals surface area contributed by atoms with Crippen molar-refractivity contribution in [2.75, 3.05) is 6.54 Å². The van der Waals surface area contributed by atoms with Crippen LogP contribution >= 0.6 is 0 Å². The van der Waals surface area contributed by atoms with Crippen molar-refractivity contribution in [1.82, 2.24) is 5.32 Å². The number of amides is 1. The maximum atomic E-state index is 12.2. The van der Waals surface area contributed by atoms with Gasteiger partial charge in [0.15, 0.2) is 5.78 Å². The summed E-state index contributed by atoms with van der Waals surface area (Å²) in [5, 5.41) is 13.1. The molecule has 138 valence electrons. The molecule has 6 unspecified atom stereocenters. The first-order valence-electron chi connectivity index (χ1n) is 9.40. The van der Waals surface area contributed by atoms with Crippen molar-refractivity contribution in [3.8, 4) is 0 Å². The summed E-state index contributed by atoms with van der Waals surface area (Å²) in [5.41, 5.74) is 0. The van der Waals surface area contributed by atoms with Crippen LogP contribution in [0.4, 0.5) is 0 Å². The van der Waals surface area contributed by atoms with E-state index < -0.39 is 0 Å². The van der Waals surface area contributed by atoms with Crippen LogP contribution in [0.15, 0.2) is 60.8 Å². The van der Waals surface area contributed by atoms with Gasteiger partial charge in [0.05, 0.1) is 12.5 Å². The largest absolute Gasteiger partial charge is 0.392 e. The lowest BCUT2D eigenvalue weighted by Crippen LogP contribution is -2.37. The Hall–Kier alpha value is -2.20. The van der Waals surface area contributed by atoms with Crippen molar-refractivity contribution in [1.29, 1.82) is 0 Å². The second-order valence-corrected chi connectivity index (χ2v) is 7.48. The fourth-order valence-electron chi connectivity index (χ4n) is 3.94. The highest BCUT2D eigenvalue weighted by atomic mass is 16.3. The summed E-state index contributed by atoms with van der Waals surface area (Å²) in [5.74, 6) is 0.269. The third kappa shape index (κ3) is 4.50. The van der Waals surface area contributed by atoms with Crippen LogP contribution in [0.3, 0.4) is 0 Å². The average Bonchev–Trinajstić information content (AvgIpc) is 2.62. The Kier molecular flexibility index (Phi) is 6.04. The average molecular weight is 353 g/mol. The van der Waals surface area contributed by atoms with Gasteiger partial charge in [-0.25, -0.2) is 0 Å². The van der Waals surface area contributed by atoms with Gasteiger partial charge in [-0.05, 0) is 30.3 Å². The molecule has 1 amide bonds. The molecule has 4 heteroatoms. The van der Waals surface area contributed by atoms with Gasteiger partial charge < -0.3 is 10.4 Å². The minimum atomic E-state index is -0.380. The topological polar surface area (TPSA) is 66.4 Å². The summed E-state index contributed by atoms with van der Waals surface area (Å²) in [6.07, 6.45) is 20.3. The Bertz CT molecular complexity index is 686. The van der Waals surface area contributed by atoms with Gasteiger partial charge >= 0.3 is 0 Å². The van der Waals surface area contributed by atoms with E-state index in [1.54, 1.807) is 6.08 Å². The van der Waals surface area contributed by atoms with Gasteiger partial charge in [0, 0.05) is 18.4 Å². The molecule has 0 aromatic carbocycles. The molecule has 1 heterocycles. The first-order chi connectivity index (χ1) is 12.5. The molecule has 0 bridgehead atoms. The van der Waals surface area contributed by atoms with E-state index in [1.165, 1.54) is 0 Å². The number of carbonyl (C=O) groups is 2. The van der Waals surface area contributed by atoms with E-state index in [-0.39, 0.29) is 53.8 Å². The molecular formula is C22H27NO3. The molecule has 0 fully saturated rings. The van der Waals surface area contributed by atoms with E-state index in [0.717, 1.165) is 0 Å². The summed E-state index contributed by atoms with van der Waals surface area (Å²) in [4.78, 5) is 24.1. The first-order valence-corrected chi connectivity index (χ1v) is 9.40. The fraction of sp³-hybridized carbons (Fsp3) is 0.455. The zero-order valence-corrected chi connectivity index (χ0v) is 15.1. The minimum Gasteiger partial charge on any atom is -0.392 e. The maximum Gasteiger partial charge on any atom is 0.227 e. The summed E-state index contributed by atoms with van der Waals surface area (Å²) in [6, 6.07) is 0. The molecule has 0 radical (unpaired) electrons. The second-order valence-electron chi connectivity index (χ2n) is 7.48. The zero-order valence-electron chi connectivity index (χ0n) is 15.1. The SMILES string of the molecule is CC1C=CC=CC2C=CC3C(O)CC=CC3C2C=CC(=O)CC(=O)NC1. The maximum absolute atomic E-state index is 12.2. The van der Waals surface area contributed by atoms with Crippen LogP contribution in [-0.4, -0.2) is 29.4 Å². The molecule has 0 aromatic heterocycles. The van der Waals surface area contributed by atoms with Crippen molar-refractivity contribution in [3.63, 3.8) is 0 Å². The van der Waals surface area contributed by atoms with Crippen molar-refractivity contribution in [3.05, 3.63) is 60.8 Å². The van der Waals surface area contributed by atoms with Gasteiger partial charge in [-0.15, -0.1) is 0 Å². The van der Waals surface area contributed by atoms with E-state index in [0.29, 0.717) is 13.0 Å². The second kappa shape index (κ2) is 8.45. The molecule has 4 nitrogen and oxygen atoms in total. The third-order valence-corrected chi connectivity index (χ3v) is 5.41. The van der Waals surface area contributed by atoms with Gasteiger partial charge in [-0.2, -0.15) is 0 Å². The lowest BCUT2D eigenvalue weighted by Gasteiger charge is -2.40. The lowest BCUT2D eigenvalue weighted by atomic mass is 9.66. The number of carbonyl (C=O) groups excluding carboxylic acids is 2. The molecule has 2 aliphatic carbocycles. The Morgan fingerprint density at radius 1 is 0.962 bits per heavy atom. The summed E-state index contributed by atoms with van der Waals surface area (Å²) in [6.45, 7) is 2.55. The van der Waals surface area contributed by atoms with Gasteiger partial charge in [0.25, 0.3) is 0 Å². The van der Waals surface area contributed by atoms with Crippen LogP contribution in [-0.2, 0) is 9.59 Å². The normalized spacial score (nSPS) is 37.6. The Morgan fingerprint density at radius 2 is 1.77 bits per heavy atom. The van der Waals surface area contributed by atoms with E-state index in [4.69, 9.17) is 0 Å². The molecule has 0 spiro atoms. The number of aliphatic hydroxyl groups is 1. The molecule has 0 saturated heterocycles. The fourth-order valence-corrected chi connectivity index (χ4v) is 3.94. The van der Waals surface area contributed by atoms with E-state index in [1.807, 2.05) is 31.2 Å². The molecule has 1 aliphatic heterocycles. The van der Waals surface area contributed by atoms with Crippen molar-refractivity contribution < 1.29 is 14.7 Å². The first kappa shape index (κ1) is 18.6. The predicted octanol–water partition coefficient (Wildman–Crippen LogP) is 2.74. The number of ketones is 1. The van der Waals surface area contributed by atoms with Gasteiger partial charge in [0.2, 0.25) is 5.91 Å². The number of aliphatic hydroxyl groups excluding tert-OH is 1. The van der Waals surface area contributed by atoms with Crippen LogP contribution in [0.1, 0.15) is 19.8 Å². The van der Waals surface area contributed by atoms with Crippen LogP contribution in [0.25, 0.3) is 0 Å². The molecule has 3 rings (SSSR count). The highest BCUT2D eigenvalue weighted by Crippen LogP contribution is 2.41. The van der Waals surface area contributed by atoms with E-state index in [9.17, 15) is 14.7 Å². The Balaban J connectivity index is 1.90. The molecule has 0 saturated carbocycles. The zero-order chi connectivity index (χ0) is 18.5. The van der Waals surface area contributed by atoms with Gasteiger partial charge in [-0.1, -0.05) is 61.6 Å². The number of nitrogens with one attached hydrogen (secondary N) is 1. The molecule has 3 aliphatic rings. The predicted molar refractivity (Wildman–Crippen MR) is 102 cm³/mol. The highest BCUT2D eigenvalue weighted by molar-refractivity contribution is 6.03. The van der Waals surface area contributed by atoms with Gasteiger partial charge in [0.1, 0.15) is 0 Å². The Morgan fingerprint density at radius 3 is 2.62 bits per heavy atom. The number of rotatable bonds is 0. The van der Waals surface area contributed by atoms with Crippen LogP contribution in [0.2, 0.25) is 0 Å². The standard InChI is InChI=1S/C22H27NO3/c1-15-5-2-3-6-16-9-11-20-19(7-4-8-21(20)25)18(16)12-10-17(24)13-22(26)23-14-15/h2-7,9-12,15-16,18-21,25H,8,13-14H2,1H3,(H,23,26). The highest BCUT2D eigenvalue weighted by Gasteiger charge is 2.37. The summed E-state index contributed by atoms with van der Waals surface area (Å²) >= 11 is 0. The van der Waals surface area contributed by atoms with Gasteiger partial charge in [-0.3, -0.25) is 9.59 Å². The molecule has 26 heavy (non-hydrogen) atoms. The molecule has 6 atom stereocenters. The van der Waals surface area contributed by atoms with Crippen molar-refractivity contribution in [2.24, 2.45) is 29.6 Å². The van der Waals surface area contributed by atoms with Crippen molar-refractivity contribution >= 4 is 11.7 Å². The molecular weight excluding hydrogens is 326 g/mol. The Labute approximate surface area is 155 Å². The van der Waals surface area contributed by atoms with Crippen LogP contribution in [0, 0.1) is 29.6 Å². The third-order valence-electron chi connectivity index (χ3n) is 5.41. The van der Waals surface area contributed by atoms with Crippen LogP contribution in [0.5, 0.6) is 0 Å². The number of hydrogen-bond donors (Lipinski definition) is 2. The van der Waals surface area contributed by atoms with Crippen molar-refractivity contribution in [2.45, 2.75) is 25.9 Å². The molecule has 0 aromatic rings. The monoisotopic (exact) mass is 353 g/mol. The molecule has 2 N–H and O–H groups in total. The minimum absolute atomic E-state index is 0.0761. The van der Waals surface area contributed by atoms with E-state index in [2.05, 4.69) is 35.7 Å². The smallest absolute Gasteiger partial charge is 0.227 e. The van der Waals surface area contributed by atoms with Crippen LogP contribution < -0.4 is 5.32 Å². The lowest BCUT2D eigenvalue weighted by molar-refractivity contribution is -0.126. The number of allylic oxidation sites excluding steroid dienone is 7. The summed E-state index contributed by atoms with van der Waals surface area (Å²) < 4.78 is 0. The van der Waals surface area contributed by atoms with E-state index >= 15 is 0 Å². The number of hydrogen-bond acceptors (Lipinski definition) is 3.